The van der Waals surface area contributed by atoms with Crippen LogP contribution in [-0.2, 0) is 9.59 Å². The summed E-state index contributed by atoms with van der Waals surface area (Å²) in [5, 5.41) is 9.96. The van der Waals surface area contributed by atoms with E-state index in [0.717, 1.165) is 16.0 Å². The van der Waals surface area contributed by atoms with Crippen molar-refractivity contribution in [2.75, 3.05) is 6.54 Å². The highest BCUT2D eigenvalue weighted by molar-refractivity contribution is 6.01. The number of nitrogens with zero attached hydrogens (tertiary/aromatic N) is 1. The first-order valence-corrected chi connectivity index (χ1v) is 5.66. The van der Waals surface area contributed by atoms with E-state index in [-0.39, 0.29) is 31.2 Å². The Kier molecular flexibility index (Phi) is 3.24. The normalized spacial score (nSPS) is 17.6. The molecule has 0 radical (unpaired) electrons. The molecule has 0 aliphatic carbocycles. The number of β-amino-alcohol motifs (C(OH)–C–C–N with tert-alkyl or cyclic N) is 1. The van der Waals surface area contributed by atoms with E-state index < -0.39 is 6.10 Å². The van der Waals surface area contributed by atoms with Gasteiger partial charge in [0.1, 0.15) is 0 Å². The van der Waals surface area contributed by atoms with Crippen LogP contribution in [-0.4, -0.2) is 28.4 Å². The van der Waals surface area contributed by atoms with Gasteiger partial charge in [-0.25, -0.2) is 0 Å². The lowest BCUT2D eigenvalue weighted by Crippen LogP contribution is -2.33. The topological polar surface area (TPSA) is 57.6 Å². The number of imide groups is 1. The predicted octanol–water partition coefficient (Wildman–Crippen LogP) is 1.18. The third-order valence-corrected chi connectivity index (χ3v) is 2.97. The van der Waals surface area contributed by atoms with Crippen molar-refractivity contribution in [1.82, 2.24) is 4.90 Å². The molecule has 1 aromatic carbocycles. The first-order chi connectivity index (χ1) is 8.08. The number of aliphatic hydroxyl groups excluding tert-OH is 1. The van der Waals surface area contributed by atoms with Crippen LogP contribution in [0.4, 0.5) is 0 Å². The summed E-state index contributed by atoms with van der Waals surface area (Å²) < 4.78 is 0. The van der Waals surface area contributed by atoms with Gasteiger partial charge in [-0.15, -0.1) is 0 Å². The van der Waals surface area contributed by atoms with Gasteiger partial charge in [-0.05, 0) is 12.5 Å². The van der Waals surface area contributed by atoms with Crippen LogP contribution < -0.4 is 0 Å². The molecule has 0 aromatic heterocycles. The monoisotopic (exact) mass is 233 g/mol. The fourth-order valence-electron chi connectivity index (χ4n) is 1.89. The molecule has 1 fully saturated rings. The van der Waals surface area contributed by atoms with E-state index in [9.17, 15) is 14.7 Å². The maximum atomic E-state index is 11.4. The Morgan fingerprint density at radius 2 is 1.71 bits per heavy atom. The molecule has 2 amide bonds. The molecule has 1 N–H and O–H groups in total. The number of aliphatic hydroxyl groups is 1. The van der Waals surface area contributed by atoms with Crippen LogP contribution in [0, 0.1) is 6.92 Å². The van der Waals surface area contributed by atoms with Gasteiger partial charge in [0.25, 0.3) is 0 Å². The van der Waals surface area contributed by atoms with E-state index in [2.05, 4.69) is 0 Å². The highest BCUT2D eigenvalue weighted by Gasteiger charge is 2.30. The van der Waals surface area contributed by atoms with Gasteiger partial charge in [0.05, 0.1) is 12.6 Å². The summed E-state index contributed by atoms with van der Waals surface area (Å²) in [7, 11) is 0. The van der Waals surface area contributed by atoms with Crippen LogP contribution in [0.3, 0.4) is 0 Å². The average Bonchev–Trinajstić information content (AvgIpc) is 2.61. The molecule has 2 rings (SSSR count). The third-order valence-electron chi connectivity index (χ3n) is 2.97. The molecule has 0 bridgehead atoms. The van der Waals surface area contributed by atoms with Gasteiger partial charge in [0, 0.05) is 12.8 Å². The lowest BCUT2D eigenvalue weighted by molar-refractivity contribution is -0.140. The molecule has 90 valence electrons. The quantitative estimate of drug-likeness (QED) is 0.797. The minimum absolute atomic E-state index is 0.0563. The Labute approximate surface area is 99.9 Å². The van der Waals surface area contributed by atoms with Gasteiger partial charge < -0.3 is 5.11 Å². The molecule has 1 aromatic rings. The van der Waals surface area contributed by atoms with Crippen molar-refractivity contribution in [3.05, 3.63) is 35.4 Å². The summed E-state index contributed by atoms with van der Waals surface area (Å²) in [6, 6.07) is 7.41. The first-order valence-electron chi connectivity index (χ1n) is 5.66. The molecular formula is C13H15NO3. The molecular weight excluding hydrogens is 218 g/mol. The Bertz CT molecular complexity index is 422. The van der Waals surface area contributed by atoms with Crippen LogP contribution in [0.25, 0.3) is 0 Å². The second kappa shape index (κ2) is 4.67. The van der Waals surface area contributed by atoms with E-state index in [1.807, 2.05) is 31.2 Å². The smallest absolute Gasteiger partial charge is 0.229 e. The van der Waals surface area contributed by atoms with Gasteiger partial charge in [0.15, 0.2) is 0 Å². The Morgan fingerprint density at radius 1 is 1.18 bits per heavy atom. The molecule has 1 heterocycles. The van der Waals surface area contributed by atoms with Gasteiger partial charge in [0.2, 0.25) is 11.8 Å². The standard InChI is InChI=1S/C13H15NO3/c1-9-2-4-10(5-3-9)11(15)8-14-12(16)6-7-13(14)17/h2-5,11,15H,6-8H2,1H3. The predicted molar refractivity (Wildman–Crippen MR) is 62.1 cm³/mol. The summed E-state index contributed by atoms with van der Waals surface area (Å²) >= 11 is 0. The van der Waals surface area contributed by atoms with Gasteiger partial charge in [-0.3, -0.25) is 14.5 Å². The summed E-state index contributed by atoms with van der Waals surface area (Å²) in [6.45, 7) is 2.02. The molecule has 1 unspecified atom stereocenters. The van der Waals surface area contributed by atoms with E-state index >= 15 is 0 Å². The first kappa shape index (κ1) is 11.8. The number of hydrogen-bond donors (Lipinski definition) is 1. The molecule has 4 heteroatoms. The van der Waals surface area contributed by atoms with Gasteiger partial charge in [-0.1, -0.05) is 29.8 Å². The van der Waals surface area contributed by atoms with Crippen molar-refractivity contribution in [3.8, 4) is 0 Å². The maximum absolute atomic E-state index is 11.4. The summed E-state index contributed by atoms with van der Waals surface area (Å²) in [5.41, 5.74) is 1.83. The summed E-state index contributed by atoms with van der Waals surface area (Å²) in [4.78, 5) is 23.9. The van der Waals surface area contributed by atoms with Crippen LogP contribution in [0.5, 0.6) is 0 Å². The number of hydrogen-bond acceptors (Lipinski definition) is 3. The van der Waals surface area contributed by atoms with Crippen LogP contribution in [0.1, 0.15) is 30.1 Å². The second-order valence-corrected chi connectivity index (χ2v) is 4.32. The lowest BCUT2D eigenvalue weighted by atomic mass is 10.1. The number of rotatable bonds is 3. The van der Waals surface area contributed by atoms with Crippen molar-refractivity contribution < 1.29 is 14.7 Å². The summed E-state index contributed by atoms with van der Waals surface area (Å²) in [5.74, 6) is -0.387. The van der Waals surface area contributed by atoms with Crippen molar-refractivity contribution in [2.45, 2.75) is 25.9 Å². The van der Waals surface area contributed by atoms with Crippen molar-refractivity contribution in [3.63, 3.8) is 0 Å². The second-order valence-electron chi connectivity index (χ2n) is 4.32. The zero-order chi connectivity index (χ0) is 12.4. The molecule has 1 aliphatic rings. The van der Waals surface area contributed by atoms with Crippen molar-refractivity contribution >= 4 is 11.8 Å². The van der Waals surface area contributed by atoms with Crippen molar-refractivity contribution in [2.24, 2.45) is 0 Å². The van der Waals surface area contributed by atoms with E-state index in [0.29, 0.717) is 0 Å². The number of aryl methyl sites for hydroxylation is 1. The number of carbonyl (C=O) groups is 2. The van der Waals surface area contributed by atoms with Crippen molar-refractivity contribution in [1.29, 1.82) is 0 Å². The number of likely N-dealkylation sites (tertiary alicyclic amines) is 1. The minimum atomic E-state index is -0.804. The Morgan fingerprint density at radius 3 is 2.24 bits per heavy atom. The maximum Gasteiger partial charge on any atom is 0.229 e. The largest absolute Gasteiger partial charge is 0.387 e. The van der Waals surface area contributed by atoms with Crippen LogP contribution >= 0.6 is 0 Å². The molecule has 1 saturated heterocycles. The zero-order valence-corrected chi connectivity index (χ0v) is 9.72. The highest BCUT2D eigenvalue weighted by atomic mass is 16.3. The summed E-state index contributed by atoms with van der Waals surface area (Å²) in [6.07, 6.45) is -0.277. The van der Waals surface area contributed by atoms with Crippen LogP contribution in [0.2, 0.25) is 0 Å². The number of amides is 2. The van der Waals surface area contributed by atoms with Gasteiger partial charge in [-0.2, -0.15) is 0 Å². The Hall–Kier alpha value is -1.68. The fraction of sp³-hybridized carbons (Fsp3) is 0.385. The number of carbonyl (C=O) groups excluding carboxylic acids is 2. The van der Waals surface area contributed by atoms with Crippen LogP contribution in [0.15, 0.2) is 24.3 Å². The lowest BCUT2D eigenvalue weighted by Gasteiger charge is -2.18. The highest BCUT2D eigenvalue weighted by Crippen LogP contribution is 2.19. The van der Waals surface area contributed by atoms with E-state index in [4.69, 9.17) is 0 Å². The van der Waals surface area contributed by atoms with Gasteiger partial charge >= 0.3 is 0 Å². The molecule has 0 saturated carbocycles. The van der Waals surface area contributed by atoms with E-state index in [1.54, 1.807) is 0 Å². The molecule has 1 aliphatic heterocycles. The third kappa shape index (κ3) is 2.53. The minimum Gasteiger partial charge on any atom is -0.387 e. The molecule has 1 atom stereocenters. The average molecular weight is 233 g/mol. The molecule has 0 spiro atoms. The fourth-order valence-corrected chi connectivity index (χ4v) is 1.89. The van der Waals surface area contributed by atoms with E-state index in [1.165, 1.54) is 0 Å². The zero-order valence-electron chi connectivity index (χ0n) is 9.72. The SMILES string of the molecule is Cc1ccc(C(O)CN2C(=O)CCC2=O)cc1. The molecule has 4 nitrogen and oxygen atoms in total. The number of benzene rings is 1. The molecule has 17 heavy (non-hydrogen) atoms. The Balaban J connectivity index is 2.06.